The number of rotatable bonds is 8. The zero-order valence-electron chi connectivity index (χ0n) is 12.8. The third-order valence-corrected chi connectivity index (χ3v) is 5.35. The minimum Gasteiger partial charge on any atom is -0.392 e. The van der Waals surface area contributed by atoms with Crippen LogP contribution in [0.25, 0.3) is 0 Å². The van der Waals surface area contributed by atoms with Gasteiger partial charge in [-0.25, -0.2) is 8.42 Å². The maximum Gasteiger partial charge on any atom is 0.243 e. The zero-order chi connectivity index (χ0) is 16.0. The van der Waals surface area contributed by atoms with E-state index in [0.717, 1.165) is 5.56 Å². The number of sulfonamides is 1. The summed E-state index contributed by atoms with van der Waals surface area (Å²) in [6, 6.07) is 3.32. The Kier molecular flexibility index (Phi) is 6.54. The molecule has 0 bridgehead atoms. The molecule has 1 N–H and O–H groups in total. The van der Waals surface area contributed by atoms with Crippen LogP contribution in [0.5, 0.6) is 0 Å². The van der Waals surface area contributed by atoms with Crippen molar-refractivity contribution in [1.82, 2.24) is 4.31 Å². The molecule has 0 fully saturated rings. The first-order chi connectivity index (χ1) is 9.88. The second-order valence-corrected chi connectivity index (χ2v) is 6.74. The number of aliphatic hydroxyl groups excluding tert-OH is 1. The molecule has 1 aromatic carbocycles. The molecule has 5 nitrogen and oxygen atoms in total. The minimum atomic E-state index is -3.65. The molecule has 0 aliphatic carbocycles. The molecule has 6 heteroatoms. The van der Waals surface area contributed by atoms with Gasteiger partial charge < -0.3 is 9.84 Å². The van der Waals surface area contributed by atoms with Crippen molar-refractivity contribution in [2.24, 2.45) is 0 Å². The summed E-state index contributed by atoms with van der Waals surface area (Å²) in [6.07, 6.45) is 1.55. The summed E-state index contributed by atoms with van der Waals surface area (Å²) in [5, 5.41) is 9.28. The third kappa shape index (κ3) is 4.14. The molecular formula is C15H23NO4S. The molecule has 0 amide bonds. The van der Waals surface area contributed by atoms with E-state index < -0.39 is 10.0 Å². The number of hydrogen-bond donors (Lipinski definition) is 1. The molecule has 21 heavy (non-hydrogen) atoms. The standard InChI is InChI=1S/C15H23NO4S/c1-5-6-16(7-8-20-4)21(18,19)15-10-14(11-17)9-12(2)13(15)3/h5,9-10,17H,1,6-8,11H2,2-4H3. The van der Waals surface area contributed by atoms with Gasteiger partial charge in [0, 0.05) is 20.2 Å². The summed E-state index contributed by atoms with van der Waals surface area (Å²) in [7, 11) is -2.12. The number of aliphatic hydroxyl groups is 1. The van der Waals surface area contributed by atoms with Crippen molar-refractivity contribution < 1.29 is 18.3 Å². The predicted octanol–water partition coefficient (Wildman–Crippen LogP) is 1.62. The van der Waals surface area contributed by atoms with Gasteiger partial charge in [-0.1, -0.05) is 12.1 Å². The van der Waals surface area contributed by atoms with Crippen LogP contribution >= 0.6 is 0 Å². The zero-order valence-corrected chi connectivity index (χ0v) is 13.6. The Bertz CT molecular complexity index is 596. The number of hydrogen-bond acceptors (Lipinski definition) is 4. The van der Waals surface area contributed by atoms with Crippen LogP contribution in [-0.2, 0) is 21.4 Å². The Hall–Kier alpha value is -1.21. The fourth-order valence-electron chi connectivity index (χ4n) is 2.04. The molecule has 0 aromatic heterocycles. The van der Waals surface area contributed by atoms with Gasteiger partial charge in [0.25, 0.3) is 0 Å². The fraction of sp³-hybridized carbons (Fsp3) is 0.467. The van der Waals surface area contributed by atoms with Gasteiger partial charge in [-0.3, -0.25) is 0 Å². The van der Waals surface area contributed by atoms with Gasteiger partial charge in [-0.2, -0.15) is 4.31 Å². The fourth-order valence-corrected chi connectivity index (χ4v) is 3.79. The molecular weight excluding hydrogens is 290 g/mol. The van der Waals surface area contributed by atoms with Crippen molar-refractivity contribution in [3.63, 3.8) is 0 Å². The quantitative estimate of drug-likeness (QED) is 0.741. The number of aryl methyl sites for hydroxylation is 1. The molecule has 0 heterocycles. The summed E-state index contributed by atoms with van der Waals surface area (Å²) < 4.78 is 31.9. The first kappa shape index (κ1) is 17.8. The molecule has 1 aromatic rings. The maximum atomic E-state index is 12.8. The minimum absolute atomic E-state index is 0.191. The third-order valence-electron chi connectivity index (χ3n) is 3.36. The Morgan fingerprint density at radius 1 is 1.38 bits per heavy atom. The second-order valence-electron chi connectivity index (χ2n) is 4.84. The van der Waals surface area contributed by atoms with Crippen molar-refractivity contribution in [1.29, 1.82) is 0 Å². The van der Waals surface area contributed by atoms with Crippen LogP contribution in [0.3, 0.4) is 0 Å². The first-order valence-corrected chi connectivity index (χ1v) is 8.13. The highest BCUT2D eigenvalue weighted by atomic mass is 32.2. The second kappa shape index (κ2) is 7.70. The number of methoxy groups -OCH3 is 1. The van der Waals surface area contributed by atoms with E-state index in [0.29, 0.717) is 17.7 Å². The van der Waals surface area contributed by atoms with Gasteiger partial charge in [-0.05, 0) is 36.6 Å². The van der Waals surface area contributed by atoms with Gasteiger partial charge in [0.2, 0.25) is 10.0 Å². The molecule has 0 saturated heterocycles. The molecule has 0 radical (unpaired) electrons. The SMILES string of the molecule is C=CCN(CCOC)S(=O)(=O)c1cc(CO)cc(C)c1C. The van der Waals surface area contributed by atoms with E-state index in [1.165, 1.54) is 17.5 Å². The summed E-state index contributed by atoms with van der Waals surface area (Å²) in [5.74, 6) is 0. The first-order valence-electron chi connectivity index (χ1n) is 6.69. The van der Waals surface area contributed by atoms with E-state index in [4.69, 9.17) is 4.74 Å². The van der Waals surface area contributed by atoms with Crippen molar-refractivity contribution in [3.8, 4) is 0 Å². The van der Waals surface area contributed by atoms with E-state index in [9.17, 15) is 13.5 Å². The van der Waals surface area contributed by atoms with Crippen LogP contribution in [-0.4, -0.2) is 44.6 Å². The number of nitrogens with zero attached hydrogens (tertiary/aromatic N) is 1. The molecule has 0 unspecified atom stereocenters. The summed E-state index contributed by atoms with van der Waals surface area (Å²) >= 11 is 0. The number of ether oxygens (including phenoxy) is 1. The van der Waals surface area contributed by atoms with Gasteiger partial charge in [-0.15, -0.1) is 6.58 Å². The van der Waals surface area contributed by atoms with Crippen molar-refractivity contribution >= 4 is 10.0 Å². The van der Waals surface area contributed by atoms with Gasteiger partial charge >= 0.3 is 0 Å². The highest BCUT2D eigenvalue weighted by Gasteiger charge is 2.26. The molecule has 0 spiro atoms. The monoisotopic (exact) mass is 313 g/mol. The summed E-state index contributed by atoms with van der Waals surface area (Å²) in [6.45, 7) is 7.80. The largest absolute Gasteiger partial charge is 0.392 e. The predicted molar refractivity (Wildman–Crippen MR) is 82.7 cm³/mol. The van der Waals surface area contributed by atoms with Crippen LogP contribution in [0.15, 0.2) is 29.7 Å². The van der Waals surface area contributed by atoms with Crippen molar-refractivity contribution in [3.05, 3.63) is 41.5 Å². The van der Waals surface area contributed by atoms with Crippen LogP contribution < -0.4 is 0 Å². The maximum absolute atomic E-state index is 12.8. The van der Waals surface area contributed by atoms with Crippen LogP contribution in [0.2, 0.25) is 0 Å². The Morgan fingerprint density at radius 2 is 2.05 bits per heavy atom. The Balaban J connectivity index is 3.32. The Morgan fingerprint density at radius 3 is 2.57 bits per heavy atom. The van der Waals surface area contributed by atoms with E-state index in [2.05, 4.69) is 6.58 Å². The summed E-state index contributed by atoms with van der Waals surface area (Å²) in [4.78, 5) is 0.226. The number of benzene rings is 1. The summed E-state index contributed by atoms with van der Waals surface area (Å²) in [5.41, 5.74) is 2.12. The average Bonchev–Trinajstić information content (AvgIpc) is 2.45. The molecule has 0 saturated carbocycles. The average molecular weight is 313 g/mol. The Labute approximate surface area is 126 Å². The molecule has 0 aliphatic heterocycles. The smallest absolute Gasteiger partial charge is 0.243 e. The van der Waals surface area contributed by atoms with E-state index in [-0.39, 0.29) is 24.6 Å². The van der Waals surface area contributed by atoms with Gasteiger partial charge in [0.05, 0.1) is 18.1 Å². The molecule has 118 valence electrons. The van der Waals surface area contributed by atoms with Gasteiger partial charge in [0.1, 0.15) is 0 Å². The van der Waals surface area contributed by atoms with Crippen molar-refractivity contribution in [2.45, 2.75) is 25.3 Å². The van der Waals surface area contributed by atoms with Crippen LogP contribution in [0.4, 0.5) is 0 Å². The van der Waals surface area contributed by atoms with Gasteiger partial charge in [0.15, 0.2) is 0 Å². The van der Waals surface area contributed by atoms with E-state index in [1.807, 2.05) is 6.92 Å². The molecule has 0 atom stereocenters. The normalized spacial score (nSPS) is 11.9. The van der Waals surface area contributed by atoms with E-state index in [1.54, 1.807) is 19.1 Å². The molecule has 1 rings (SSSR count). The lowest BCUT2D eigenvalue weighted by Gasteiger charge is -2.22. The molecule has 0 aliphatic rings. The topological polar surface area (TPSA) is 66.8 Å². The lowest BCUT2D eigenvalue weighted by Crippen LogP contribution is -2.34. The highest BCUT2D eigenvalue weighted by Crippen LogP contribution is 2.24. The van der Waals surface area contributed by atoms with Crippen molar-refractivity contribution in [2.75, 3.05) is 26.8 Å². The van der Waals surface area contributed by atoms with E-state index >= 15 is 0 Å². The van der Waals surface area contributed by atoms with Crippen LogP contribution in [0.1, 0.15) is 16.7 Å². The van der Waals surface area contributed by atoms with Crippen LogP contribution in [0, 0.1) is 13.8 Å². The lowest BCUT2D eigenvalue weighted by molar-refractivity contribution is 0.182. The lowest BCUT2D eigenvalue weighted by atomic mass is 10.1. The highest BCUT2D eigenvalue weighted by molar-refractivity contribution is 7.89.